The van der Waals surface area contributed by atoms with Gasteiger partial charge in [0.05, 0.1) is 12.2 Å². The van der Waals surface area contributed by atoms with Gasteiger partial charge in [-0.05, 0) is 36.6 Å². The van der Waals surface area contributed by atoms with E-state index in [1.807, 2.05) is 19.9 Å². The number of hydrogen-bond acceptors (Lipinski definition) is 7. The van der Waals surface area contributed by atoms with E-state index in [9.17, 15) is 20.1 Å². The van der Waals surface area contributed by atoms with Crippen molar-refractivity contribution < 1.29 is 34.7 Å². The maximum atomic E-state index is 12.2. The topological polar surface area (TPSA) is 116 Å². The molecule has 0 aromatic heterocycles. The van der Waals surface area contributed by atoms with Gasteiger partial charge >= 0.3 is 5.97 Å². The highest BCUT2D eigenvalue weighted by molar-refractivity contribution is 5.89. The van der Waals surface area contributed by atoms with Gasteiger partial charge in [-0.1, -0.05) is 13.0 Å². The van der Waals surface area contributed by atoms with Crippen molar-refractivity contribution >= 4 is 5.97 Å². The minimum Gasteiger partial charge on any atom is -0.453 e. The summed E-state index contributed by atoms with van der Waals surface area (Å²) in [4.78, 5) is 12.2. The van der Waals surface area contributed by atoms with Crippen LogP contribution in [-0.2, 0) is 15.9 Å². The Morgan fingerprint density at radius 3 is 2.52 bits per heavy atom. The maximum Gasteiger partial charge on any atom is 0.338 e. The molecule has 1 heterocycles. The van der Waals surface area contributed by atoms with Crippen molar-refractivity contribution in [1.29, 1.82) is 0 Å². The number of hydrogen-bond donors (Lipinski definition) is 4. The van der Waals surface area contributed by atoms with Crippen molar-refractivity contribution in [1.82, 2.24) is 0 Å². The molecule has 0 saturated carbocycles. The van der Waals surface area contributed by atoms with E-state index in [4.69, 9.17) is 14.6 Å². The van der Waals surface area contributed by atoms with Crippen molar-refractivity contribution in [3.05, 3.63) is 34.9 Å². The second kappa shape index (κ2) is 7.37. The van der Waals surface area contributed by atoms with Crippen LogP contribution >= 0.6 is 0 Å². The molecule has 1 aromatic carbocycles. The Hall–Kier alpha value is -1.51. The molecule has 23 heavy (non-hydrogen) atoms. The highest BCUT2D eigenvalue weighted by Crippen LogP contribution is 2.23. The fourth-order valence-corrected chi connectivity index (χ4v) is 2.62. The average Bonchev–Trinajstić information content (AvgIpc) is 2.54. The molecule has 128 valence electrons. The lowest BCUT2D eigenvalue weighted by molar-refractivity contribution is -0.285. The second-order valence-corrected chi connectivity index (χ2v) is 5.59. The lowest BCUT2D eigenvalue weighted by atomic mass is 9.98. The van der Waals surface area contributed by atoms with Gasteiger partial charge in [-0.25, -0.2) is 4.79 Å². The van der Waals surface area contributed by atoms with E-state index in [0.717, 1.165) is 17.5 Å². The molecule has 1 fully saturated rings. The minimum atomic E-state index is -1.66. The first-order chi connectivity index (χ1) is 10.9. The molecule has 7 heteroatoms. The first-order valence-electron chi connectivity index (χ1n) is 7.50. The minimum absolute atomic E-state index is 0.278. The molecular weight excluding hydrogens is 304 g/mol. The van der Waals surface area contributed by atoms with Crippen LogP contribution in [0.3, 0.4) is 0 Å². The molecule has 0 spiro atoms. The SMILES string of the molecule is CCc1ccc(C(=O)O[C@H]2[C@H](O)[C@@H](CO)OC(O)[C@@H]2O)cc1C. The van der Waals surface area contributed by atoms with Crippen LogP contribution < -0.4 is 0 Å². The van der Waals surface area contributed by atoms with E-state index in [1.54, 1.807) is 12.1 Å². The van der Waals surface area contributed by atoms with Crippen molar-refractivity contribution in [3.8, 4) is 0 Å². The molecule has 4 N–H and O–H groups in total. The third kappa shape index (κ3) is 3.70. The summed E-state index contributed by atoms with van der Waals surface area (Å²) in [5, 5.41) is 38.6. The molecule has 1 saturated heterocycles. The second-order valence-electron chi connectivity index (χ2n) is 5.59. The van der Waals surface area contributed by atoms with E-state index in [1.165, 1.54) is 0 Å². The monoisotopic (exact) mass is 326 g/mol. The van der Waals surface area contributed by atoms with E-state index < -0.39 is 43.3 Å². The van der Waals surface area contributed by atoms with Gasteiger partial charge in [-0.2, -0.15) is 0 Å². The summed E-state index contributed by atoms with van der Waals surface area (Å²) in [6.07, 6.45) is -6.41. The van der Waals surface area contributed by atoms with Crippen LogP contribution in [0.15, 0.2) is 18.2 Å². The number of aliphatic hydroxyl groups is 4. The van der Waals surface area contributed by atoms with Gasteiger partial charge < -0.3 is 29.9 Å². The average molecular weight is 326 g/mol. The van der Waals surface area contributed by atoms with Gasteiger partial charge in [-0.3, -0.25) is 0 Å². The first kappa shape index (κ1) is 17.8. The van der Waals surface area contributed by atoms with Crippen LogP contribution in [0.1, 0.15) is 28.4 Å². The van der Waals surface area contributed by atoms with Gasteiger partial charge in [0.15, 0.2) is 12.4 Å². The van der Waals surface area contributed by atoms with Crippen molar-refractivity contribution in [3.63, 3.8) is 0 Å². The van der Waals surface area contributed by atoms with Gasteiger partial charge in [0.1, 0.15) is 18.3 Å². The Bertz CT molecular complexity index is 559. The van der Waals surface area contributed by atoms with Gasteiger partial charge in [0, 0.05) is 0 Å². The van der Waals surface area contributed by atoms with E-state index in [2.05, 4.69) is 0 Å². The smallest absolute Gasteiger partial charge is 0.338 e. The quantitative estimate of drug-likeness (QED) is 0.552. The van der Waals surface area contributed by atoms with Crippen LogP contribution in [-0.4, -0.2) is 63.7 Å². The summed E-state index contributed by atoms with van der Waals surface area (Å²) >= 11 is 0. The summed E-state index contributed by atoms with van der Waals surface area (Å²) in [7, 11) is 0. The zero-order valence-electron chi connectivity index (χ0n) is 13.0. The molecule has 2 rings (SSSR count). The number of ether oxygens (including phenoxy) is 2. The standard InChI is InChI=1S/C16H22O7/c1-3-9-4-5-10(6-8(9)2)15(20)23-14-12(18)11(7-17)22-16(21)13(14)19/h4-6,11-14,16-19,21H,3,7H2,1-2H3/t11-,12-,13-,14+,16?/m1/s1. The molecule has 0 bridgehead atoms. The zero-order valence-corrected chi connectivity index (χ0v) is 13.0. The molecular formula is C16H22O7. The summed E-state index contributed by atoms with van der Waals surface area (Å²) in [5.74, 6) is -0.732. The van der Waals surface area contributed by atoms with Crippen LogP contribution in [0.4, 0.5) is 0 Å². The lowest BCUT2D eigenvalue weighted by Gasteiger charge is -2.39. The molecule has 7 nitrogen and oxygen atoms in total. The summed E-state index contributed by atoms with van der Waals surface area (Å²) < 4.78 is 9.98. The van der Waals surface area contributed by atoms with Crippen LogP contribution in [0.2, 0.25) is 0 Å². The van der Waals surface area contributed by atoms with Gasteiger partial charge in [0.2, 0.25) is 0 Å². The molecule has 1 aliphatic heterocycles. The number of carbonyl (C=O) groups excluding carboxylic acids is 1. The van der Waals surface area contributed by atoms with Crippen LogP contribution in [0.25, 0.3) is 0 Å². The normalized spacial score (nSPS) is 31.0. The number of aliphatic hydroxyl groups excluding tert-OH is 4. The Morgan fingerprint density at radius 1 is 1.26 bits per heavy atom. The Kier molecular flexibility index (Phi) is 5.72. The fraction of sp³-hybridized carbons (Fsp3) is 0.562. The molecule has 0 aliphatic carbocycles. The van der Waals surface area contributed by atoms with Crippen LogP contribution in [0.5, 0.6) is 0 Å². The Balaban J connectivity index is 2.15. The highest BCUT2D eigenvalue weighted by Gasteiger charge is 2.46. The molecule has 1 unspecified atom stereocenters. The number of rotatable bonds is 4. The zero-order chi connectivity index (χ0) is 17.1. The van der Waals surface area contributed by atoms with Crippen molar-refractivity contribution in [2.75, 3.05) is 6.61 Å². The Morgan fingerprint density at radius 2 is 1.96 bits per heavy atom. The molecule has 0 radical (unpaired) electrons. The molecule has 0 amide bonds. The summed E-state index contributed by atoms with van der Waals surface area (Å²) in [6.45, 7) is 3.30. The van der Waals surface area contributed by atoms with Gasteiger partial charge in [0.25, 0.3) is 0 Å². The lowest BCUT2D eigenvalue weighted by Crippen LogP contribution is -2.59. The van der Waals surface area contributed by atoms with Crippen LogP contribution in [0, 0.1) is 6.92 Å². The number of carbonyl (C=O) groups is 1. The van der Waals surface area contributed by atoms with Crippen molar-refractivity contribution in [2.24, 2.45) is 0 Å². The predicted octanol–water partition coefficient (Wildman–Crippen LogP) is -0.486. The third-order valence-corrected chi connectivity index (χ3v) is 4.04. The van der Waals surface area contributed by atoms with E-state index in [-0.39, 0.29) is 5.56 Å². The summed E-state index contributed by atoms with van der Waals surface area (Å²) in [5.41, 5.74) is 2.31. The maximum absolute atomic E-state index is 12.2. The number of benzene rings is 1. The van der Waals surface area contributed by atoms with Crippen molar-refractivity contribution in [2.45, 2.75) is 51.0 Å². The number of esters is 1. The summed E-state index contributed by atoms with van der Waals surface area (Å²) in [6, 6.07) is 5.08. The van der Waals surface area contributed by atoms with E-state index >= 15 is 0 Å². The Labute approximate surface area is 134 Å². The highest BCUT2D eigenvalue weighted by atomic mass is 16.7. The number of aryl methyl sites for hydroxylation is 2. The fourth-order valence-electron chi connectivity index (χ4n) is 2.62. The molecule has 1 aromatic rings. The first-order valence-corrected chi connectivity index (χ1v) is 7.50. The third-order valence-electron chi connectivity index (χ3n) is 4.04. The molecule has 5 atom stereocenters. The van der Waals surface area contributed by atoms with E-state index in [0.29, 0.717) is 0 Å². The molecule has 1 aliphatic rings. The van der Waals surface area contributed by atoms with Gasteiger partial charge in [-0.15, -0.1) is 0 Å². The largest absolute Gasteiger partial charge is 0.453 e. The predicted molar refractivity (Wildman–Crippen MR) is 79.7 cm³/mol.